The van der Waals surface area contributed by atoms with Crippen molar-refractivity contribution in [1.29, 1.82) is 0 Å². The molecule has 0 atom stereocenters. The fourth-order valence-corrected chi connectivity index (χ4v) is 3.61. The van der Waals surface area contributed by atoms with Gasteiger partial charge in [-0.2, -0.15) is 0 Å². The Morgan fingerprint density at radius 2 is 1.75 bits per heavy atom. The minimum Gasteiger partial charge on any atom is -0.466 e. The van der Waals surface area contributed by atoms with Crippen LogP contribution in [0.1, 0.15) is 23.2 Å². The number of hydrogen-bond acceptors (Lipinski definition) is 5. The Bertz CT molecular complexity index is 933. The van der Waals surface area contributed by atoms with Crippen LogP contribution in [0.15, 0.2) is 53.4 Å². The van der Waals surface area contributed by atoms with E-state index < -0.39 is 33.3 Å². The molecule has 0 spiro atoms. The summed E-state index contributed by atoms with van der Waals surface area (Å²) in [5, 5.41) is 2.33. The number of carbonyl (C=O) groups excluding carboxylic acids is 2. The molecule has 28 heavy (non-hydrogen) atoms. The van der Waals surface area contributed by atoms with Crippen molar-refractivity contribution in [2.45, 2.75) is 17.7 Å². The molecule has 0 aliphatic rings. The zero-order valence-corrected chi connectivity index (χ0v) is 15.7. The summed E-state index contributed by atoms with van der Waals surface area (Å²) in [7, 11) is -3.43. The van der Waals surface area contributed by atoms with E-state index in [2.05, 4.69) is 5.32 Å². The van der Waals surface area contributed by atoms with Gasteiger partial charge in [-0.3, -0.25) is 9.59 Å². The number of amides is 1. The number of nitrogens with one attached hydrogen (secondary N) is 1. The zero-order valence-electron chi connectivity index (χ0n) is 14.9. The second kappa shape index (κ2) is 9.93. The summed E-state index contributed by atoms with van der Waals surface area (Å²) < 4.78 is 55.3. The summed E-state index contributed by atoms with van der Waals surface area (Å²) in [6.45, 7) is -0.178. The van der Waals surface area contributed by atoms with Crippen LogP contribution in [0.2, 0.25) is 0 Å². The Morgan fingerprint density at radius 3 is 2.43 bits per heavy atom. The van der Waals surface area contributed by atoms with Gasteiger partial charge in [0.2, 0.25) is 0 Å². The number of halogens is 2. The van der Waals surface area contributed by atoms with Crippen LogP contribution in [0.5, 0.6) is 0 Å². The highest BCUT2D eigenvalue weighted by molar-refractivity contribution is 7.91. The van der Waals surface area contributed by atoms with Gasteiger partial charge in [-0.1, -0.05) is 18.2 Å². The van der Waals surface area contributed by atoms with Crippen molar-refractivity contribution in [3.63, 3.8) is 0 Å². The minimum atomic E-state index is -3.43. The van der Waals surface area contributed by atoms with Crippen LogP contribution in [0, 0.1) is 11.6 Å². The Hall–Kier alpha value is -2.81. The molecule has 2 aromatic rings. The van der Waals surface area contributed by atoms with Gasteiger partial charge in [0.15, 0.2) is 9.84 Å². The first-order valence-corrected chi connectivity index (χ1v) is 10.1. The molecule has 0 saturated heterocycles. The first-order chi connectivity index (χ1) is 13.3. The predicted molar refractivity (Wildman–Crippen MR) is 97.4 cm³/mol. The lowest BCUT2D eigenvalue weighted by atomic mass is 10.2. The molecule has 9 heteroatoms. The van der Waals surface area contributed by atoms with Crippen molar-refractivity contribution in [2.75, 3.05) is 18.9 Å². The molecule has 0 heterocycles. The van der Waals surface area contributed by atoms with E-state index in [1.54, 1.807) is 18.2 Å². The number of ether oxygens (including phenoxy) is 1. The van der Waals surface area contributed by atoms with Gasteiger partial charge < -0.3 is 10.1 Å². The monoisotopic (exact) mass is 411 g/mol. The second-order valence-corrected chi connectivity index (χ2v) is 7.95. The molecule has 150 valence electrons. The van der Waals surface area contributed by atoms with Crippen molar-refractivity contribution in [3.8, 4) is 0 Å². The molecular weight excluding hydrogens is 392 g/mol. The molecule has 0 fully saturated rings. The smallest absolute Gasteiger partial charge is 0.307 e. The van der Waals surface area contributed by atoms with Crippen molar-refractivity contribution >= 4 is 21.7 Å². The molecule has 1 amide bonds. The number of rotatable bonds is 9. The summed E-state index contributed by atoms with van der Waals surface area (Å²) in [6, 6.07) is 10.5. The molecule has 0 aromatic heterocycles. The van der Waals surface area contributed by atoms with Crippen LogP contribution >= 0.6 is 0 Å². The number of esters is 1. The molecule has 2 rings (SSSR count). The third kappa shape index (κ3) is 6.41. The molecular formula is C19H19F2NO5S. The predicted octanol–water partition coefficient (Wildman–Crippen LogP) is 2.49. The molecule has 0 saturated carbocycles. The van der Waals surface area contributed by atoms with Crippen molar-refractivity contribution < 1.29 is 31.5 Å². The van der Waals surface area contributed by atoms with Crippen molar-refractivity contribution in [3.05, 3.63) is 65.7 Å². The van der Waals surface area contributed by atoms with E-state index in [-0.39, 0.29) is 42.2 Å². The fourth-order valence-electron chi connectivity index (χ4n) is 2.30. The summed E-state index contributed by atoms with van der Waals surface area (Å²) in [5.74, 6) is -3.37. The Kier molecular flexibility index (Phi) is 7.62. The molecule has 0 unspecified atom stereocenters. The molecule has 0 aliphatic heterocycles. The molecule has 0 aliphatic carbocycles. The lowest BCUT2D eigenvalue weighted by Crippen LogP contribution is -2.27. The van der Waals surface area contributed by atoms with Crippen molar-refractivity contribution in [1.82, 2.24) is 5.32 Å². The van der Waals surface area contributed by atoms with E-state index in [0.29, 0.717) is 6.07 Å². The largest absolute Gasteiger partial charge is 0.466 e. The average Bonchev–Trinajstić information content (AvgIpc) is 2.66. The summed E-state index contributed by atoms with van der Waals surface area (Å²) in [5.41, 5.74) is -0.333. The molecule has 0 radical (unpaired) electrons. The van der Waals surface area contributed by atoms with Gasteiger partial charge >= 0.3 is 5.97 Å². The highest BCUT2D eigenvalue weighted by Crippen LogP contribution is 2.11. The topological polar surface area (TPSA) is 89.5 Å². The fraction of sp³-hybridized carbons (Fsp3) is 0.263. The van der Waals surface area contributed by atoms with Crippen LogP contribution in [0.25, 0.3) is 0 Å². The summed E-state index contributed by atoms with van der Waals surface area (Å²) in [4.78, 5) is 23.6. The SMILES string of the molecule is O=C(CCNC(=O)c1ccc(F)cc1F)OCCCS(=O)(=O)c1ccccc1. The van der Waals surface area contributed by atoms with Crippen LogP contribution in [0.4, 0.5) is 8.78 Å². The highest BCUT2D eigenvalue weighted by atomic mass is 32.2. The van der Waals surface area contributed by atoms with E-state index in [1.165, 1.54) is 12.1 Å². The van der Waals surface area contributed by atoms with Gasteiger partial charge in [0, 0.05) is 12.6 Å². The Morgan fingerprint density at radius 1 is 1.04 bits per heavy atom. The third-order valence-electron chi connectivity index (χ3n) is 3.71. The van der Waals surface area contributed by atoms with Crippen LogP contribution < -0.4 is 5.32 Å². The lowest BCUT2D eigenvalue weighted by Gasteiger charge is -2.08. The van der Waals surface area contributed by atoms with E-state index in [9.17, 15) is 26.8 Å². The van der Waals surface area contributed by atoms with Crippen LogP contribution in [-0.2, 0) is 19.4 Å². The summed E-state index contributed by atoms with van der Waals surface area (Å²) >= 11 is 0. The zero-order chi connectivity index (χ0) is 20.6. The van der Waals surface area contributed by atoms with Crippen LogP contribution in [0.3, 0.4) is 0 Å². The minimum absolute atomic E-state index is 0.0779. The Balaban J connectivity index is 1.67. The first-order valence-electron chi connectivity index (χ1n) is 8.46. The highest BCUT2D eigenvalue weighted by Gasteiger charge is 2.15. The average molecular weight is 411 g/mol. The number of sulfone groups is 1. The van der Waals surface area contributed by atoms with Gasteiger partial charge in [-0.05, 0) is 30.7 Å². The molecule has 6 nitrogen and oxygen atoms in total. The number of carbonyl (C=O) groups is 2. The maximum absolute atomic E-state index is 13.5. The number of hydrogen-bond donors (Lipinski definition) is 1. The maximum Gasteiger partial charge on any atom is 0.307 e. The van der Waals surface area contributed by atoms with Crippen molar-refractivity contribution in [2.24, 2.45) is 0 Å². The van der Waals surface area contributed by atoms with E-state index in [4.69, 9.17) is 4.74 Å². The third-order valence-corrected chi connectivity index (χ3v) is 5.53. The van der Waals surface area contributed by atoms with Gasteiger partial charge in [-0.15, -0.1) is 0 Å². The van der Waals surface area contributed by atoms with Crippen LogP contribution in [-0.4, -0.2) is 39.2 Å². The van der Waals surface area contributed by atoms with Gasteiger partial charge in [0.1, 0.15) is 11.6 Å². The first kappa shape index (κ1) is 21.5. The normalized spacial score (nSPS) is 11.1. The molecule has 1 N–H and O–H groups in total. The second-order valence-electron chi connectivity index (χ2n) is 5.84. The quantitative estimate of drug-likeness (QED) is 0.506. The van der Waals surface area contributed by atoms with Gasteiger partial charge in [0.25, 0.3) is 5.91 Å². The molecule has 0 bridgehead atoms. The van der Waals surface area contributed by atoms with Gasteiger partial charge in [0.05, 0.1) is 29.2 Å². The van der Waals surface area contributed by atoms with E-state index >= 15 is 0 Å². The van der Waals surface area contributed by atoms with Gasteiger partial charge in [-0.25, -0.2) is 17.2 Å². The summed E-state index contributed by atoms with van der Waals surface area (Å²) in [6.07, 6.45) is -0.0316. The number of benzene rings is 2. The standard InChI is InChI=1S/C19H19F2NO5S/c20-14-7-8-16(17(21)13-14)19(24)22-10-9-18(23)27-11-4-12-28(25,26)15-5-2-1-3-6-15/h1-3,5-8,13H,4,9-12H2,(H,22,24). The maximum atomic E-state index is 13.5. The van der Waals surface area contributed by atoms with E-state index in [1.807, 2.05) is 0 Å². The molecule has 2 aromatic carbocycles. The Labute approximate surface area is 161 Å². The lowest BCUT2D eigenvalue weighted by molar-refractivity contribution is -0.143. The van der Waals surface area contributed by atoms with E-state index in [0.717, 1.165) is 12.1 Å².